The molecule has 1 saturated heterocycles. The fourth-order valence-electron chi connectivity index (χ4n) is 2.85. The summed E-state index contributed by atoms with van der Waals surface area (Å²) >= 11 is 6.07. The summed E-state index contributed by atoms with van der Waals surface area (Å²) in [6.07, 6.45) is 3.20. The van der Waals surface area contributed by atoms with Crippen LogP contribution < -0.4 is 10.2 Å². The van der Waals surface area contributed by atoms with Crippen LogP contribution in [0.4, 0.5) is 11.6 Å². The number of halogens is 1. The highest BCUT2D eigenvalue weighted by Gasteiger charge is 2.23. The van der Waals surface area contributed by atoms with Crippen LogP contribution in [0.25, 0.3) is 0 Å². The number of nitrogens with one attached hydrogen (secondary N) is 1. The predicted molar refractivity (Wildman–Crippen MR) is 105 cm³/mol. The standard InChI is InChI=1S/C19H24ClN5O/c1-14(2)11-21-19-22-12-15(13-23-19)18(26)25-8-6-24(7-9-25)17-5-3-4-16(20)10-17/h3-5,10,12-14H,6-9,11H2,1-2H3,(H,21,22,23). The monoisotopic (exact) mass is 373 g/mol. The molecular weight excluding hydrogens is 350 g/mol. The number of aromatic nitrogens is 2. The van der Waals surface area contributed by atoms with Crippen molar-refractivity contribution in [2.45, 2.75) is 13.8 Å². The summed E-state index contributed by atoms with van der Waals surface area (Å²) in [6, 6.07) is 7.81. The zero-order valence-electron chi connectivity index (χ0n) is 15.2. The van der Waals surface area contributed by atoms with E-state index in [1.807, 2.05) is 29.2 Å². The number of nitrogens with zero attached hydrogens (tertiary/aromatic N) is 4. The fourth-order valence-corrected chi connectivity index (χ4v) is 3.03. The van der Waals surface area contributed by atoms with Crippen molar-refractivity contribution in [3.05, 3.63) is 47.2 Å². The Morgan fingerprint density at radius 1 is 1.19 bits per heavy atom. The molecule has 0 radical (unpaired) electrons. The van der Waals surface area contributed by atoms with Crippen molar-refractivity contribution in [2.75, 3.05) is 42.9 Å². The van der Waals surface area contributed by atoms with Crippen molar-refractivity contribution >= 4 is 29.1 Å². The molecule has 2 aromatic rings. The topological polar surface area (TPSA) is 61.4 Å². The molecule has 1 N–H and O–H groups in total. The highest BCUT2D eigenvalue weighted by Crippen LogP contribution is 2.21. The van der Waals surface area contributed by atoms with Gasteiger partial charge in [0, 0.05) is 55.8 Å². The number of anilines is 2. The third-order valence-corrected chi connectivity index (χ3v) is 4.54. The molecule has 1 fully saturated rings. The number of hydrogen-bond donors (Lipinski definition) is 1. The summed E-state index contributed by atoms with van der Waals surface area (Å²) in [5, 5.41) is 3.88. The highest BCUT2D eigenvalue weighted by atomic mass is 35.5. The van der Waals surface area contributed by atoms with Crippen molar-refractivity contribution in [1.29, 1.82) is 0 Å². The van der Waals surface area contributed by atoms with Gasteiger partial charge in [0.2, 0.25) is 5.95 Å². The van der Waals surface area contributed by atoms with E-state index in [-0.39, 0.29) is 5.91 Å². The van der Waals surface area contributed by atoms with E-state index in [9.17, 15) is 4.79 Å². The van der Waals surface area contributed by atoms with E-state index in [0.717, 1.165) is 30.3 Å². The summed E-state index contributed by atoms with van der Waals surface area (Å²) in [5.74, 6) is 1.04. The second-order valence-corrected chi connectivity index (χ2v) is 7.27. The minimum atomic E-state index is -0.0221. The van der Waals surface area contributed by atoms with Crippen LogP contribution >= 0.6 is 11.6 Å². The van der Waals surface area contributed by atoms with Gasteiger partial charge < -0.3 is 15.1 Å². The molecule has 1 amide bonds. The van der Waals surface area contributed by atoms with Gasteiger partial charge in [-0.3, -0.25) is 4.79 Å². The van der Waals surface area contributed by atoms with Gasteiger partial charge >= 0.3 is 0 Å². The van der Waals surface area contributed by atoms with Crippen molar-refractivity contribution in [3.8, 4) is 0 Å². The zero-order valence-corrected chi connectivity index (χ0v) is 15.9. The number of carbonyl (C=O) groups is 1. The van der Waals surface area contributed by atoms with Gasteiger partial charge in [-0.25, -0.2) is 9.97 Å². The SMILES string of the molecule is CC(C)CNc1ncc(C(=O)N2CCN(c3cccc(Cl)c3)CC2)cn1. The fraction of sp³-hybridized carbons (Fsp3) is 0.421. The van der Waals surface area contributed by atoms with Crippen LogP contribution in [-0.2, 0) is 0 Å². The van der Waals surface area contributed by atoms with Crippen LogP contribution in [0.2, 0.25) is 5.02 Å². The average Bonchev–Trinajstić information content (AvgIpc) is 2.66. The predicted octanol–water partition coefficient (Wildman–Crippen LogP) is 3.16. The first-order valence-corrected chi connectivity index (χ1v) is 9.26. The van der Waals surface area contributed by atoms with Gasteiger partial charge in [0.05, 0.1) is 5.56 Å². The Kier molecular flexibility index (Phi) is 5.93. The molecular formula is C19H24ClN5O. The first kappa shape index (κ1) is 18.5. The molecule has 1 aromatic carbocycles. The number of hydrogen-bond acceptors (Lipinski definition) is 5. The Hall–Kier alpha value is -2.34. The van der Waals surface area contributed by atoms with Gasteiger partial charge in [0.25, 0.3) is 5.91 Å². The van der Waals surface area contributed by atoms with Crippen LogP contribution in [0, 0.1) is 5.92 Å². The normalized spacial score (nSPS) is 14.6. The molecule has 2 heterocycles. The van der Waals surface area contributed by atoms with E-state index in [2.05, 4.69) is 34.0 Å². The first-order valence-electron chi connectivity index (χ1n) is 8.88. The molecule has 0 aliphatic carbocycles. The Balaban J connectivity index is 1.56. The molecule has 138 valence electrons. The van der Waals surface area contributed by atoms with Gasteiger partial charge in [-0.15, -0.1) is 0 Å². The Labute approximate surface area is 159 Å². The van der Waals surface area contributed by atoms with E-state index in [0.29, 0.717) is 30.5 Å². The van der Waals surface area contributed by atoms with Gasteiger partial charge in [0.1, 0.15) is 0 Å². The number of amides is 1. The lowest BCUT2D eigenvalue weighted by Crippen LogP contribution is -2.48. The molecule has 0 spiro atoms. The van der Waals surface area contributed by atoms with E-state index < -0.39 is 0 Å². The second kappa shape index (κ2) is 8.36. The van der Waals surface area contributed by atoms with Crippen molar-refractivity contribution in [2.24, 2.45) is 5.92 Å². The highest BCUT2D eigenvalue weighted by molar-refractivity contribution is 6.30. The van der Waals surface area contributed by atoms with Crippen molar-refractivity contribution in [1.82, 2.24) is 14.9 Å². The number of rotatable bonds is 5. The second-order valence-electron chi connectivity index (χ2n) is 6.83. The van der Waals surface area contributed by atoms with Gasteiger partial charge in [-0.1, -0.05) is 31.5 Å². The summed E-state index contributed by atoms with van der Waals surface area (Å²) in [5.41, 5.74) is 1.62. The molecule has 7 heteroatoms. The third kappa shape index (κ3) is 4.64. The van der Waals surface area contributed by atoms with Gasteiger partial charge in [0.15, 0.2) is 0 Å². The number of benzene rings is 1. The van der Waals surface area contributed by atoms with Crippen molar-refractivity contribution in [3.63, 3.8) is 0 Å². The molecule has 6 nitrogen and oxygen atoms in total. The largest absolute Gasteiger partial charge is 0.368 e. The lowest BCUT2D eigenvalue weighted by Gasteiger charge is -2.36. The lowest BCUT2D eigenvalue weighted by molar-refractivity contribution is 0.0746. The molecule has 0 saturated carbocycles. The molecule has 1 aromatic heterocycles. The molecule has 3 rings (SSSR count). The molecule has 0 bridgehead atoms. The minimum Gasteiger partial charge on any atom is -0.368 e. The maximum absolute atomic E-state index is 12.7. The molecule has 0 unspecified atom stereocenters. The molecule has 1 aliphatic heterocycles. The lowest BCUT2D eigenvalue weighted by atomic mass is 10.2. The average molecular weight is 374 g/mol. The minimum absolute atomic E-state index is 0.0221. The van der Waals surface area contributed by atoms with Crippen molar-refractivity contribution < 1.29 is 4.79 Å². The molecule has 1 aliphatic rings. The van der Waals surface area contributed by atoms with E-state index in [4.69, 9.17) is 11.6 Å². The smallest absolute Gasteiger partial charge is 0.257 e. The van der Waals surface area contributed by atoms with Crippen LogP contribution in [0.15, 0.2) is 36.7 Å². The van der Waals surface area contributed by atoms with Crippen LogP contribution in [0.1, 0.15) is 24.2 Å². The van der Waals surface area contributed by atoms with Gasteiger partial charge in [-0.2, -0.15) is 0 Å². The van der Waals surface area contributed by atoms with Crippen LogP contribution in [-0.4, -0.2) is 53.5 Å². The maximum atomic E-state index is 12.7. The first-order chi connectivity index (χ1) is 12.5. The van der Waals surface area contributed by atoms with E-state index in [1.54, 1.807) is 12.4 Å². The molecule has 26 heavy (non-hydrogen) atoms. The Morgan fingerprint density at radius 3 is 2.50 bits per heavy atom. The molecule has 0 atom stereocenters. The van der Waals surface area contributed by atoms with Gasteiger partial charge in [-0.05, 0) is 24.1 Å². The van der Waals surface area contributed by atoms with Crippen LogP contribution in [0.5, 0.6) is 0 Å². The summed E-state index contributed by atoms with van der Waals surface area (Å²) in [7, 11) is 0. The third-order valence-electron chi connectivity index (χ3n) is 4.31. The van der Waals surface area contributed by atoms with E-state index >= 15 is 0 Å². The number of piperazine rings is 1. The summed E-state index contributed by atoms with van der Waals surface area (Å²) < 4.78 is 0. The summed E-state index contributed by atoms with van der Waals surface area (Å²) in [4.78, 5) is 25.2. The van der Waals surface area contributed by atoms with Crippen LogP contribution in [0.3, 0.4) is 0 Å². The Bertz CT molecular complexity index is 742. The maximum Gasteiger partial charge on any atom is 0.257 e. The van der Waals surface area contributed by atoms with E-state index in [1.165, 1.54) is 0 Å². The zero-order chi connectivity index (χ0) is 18.5. The summed E-state index contributed by atoms with van der Waals surface area (Å²) in [6.45, 7) is 7.93. The number of carbonyl (C=O) groups excluding carboxylic acids is 1. The Morgan fingerprint density at radius 2 is 1.88 bits per heavy atom. The quantitative estimate of drug-likeness (QED) is 0.872.